The highest BCUT2D eigenvalue weighted by molar-refractivity contribution is 9.11. The van der Waals surface area contributed by atoms with Gasteiger partial charge in [0, 0.05) is 21.7 Å². The fraction of sp³-hybridized carbons (Fsp3) is 0.333. The van der Waals surface area contributed by atoms with Gasteiger partial charge in [0.15, 0.2) is 11.6 Å². The van der Waals surface area contributed by atoms with E-state index in [4.69, 9.17) is 14.2 Å². The van der Waals surface area contributed by atoms with E-state index in [1.165, 1.54) is 20.3 Å². The van der Waals surface area contributed by atoms with E-state index in [0.29, 0.717) is 5.75 Å². The molecule has 5 heteroatoms. The minimum absolute atomic E-state index is 0.186. The number of methoxy groups -OCH3 is 2. The number of hydrogen-bond acceptors (Lipinski definition) is 3. The fourth-order valence-electron chi connectivity index (χ4n) is 2.41. The van der Waals surface area contributed by atoms with Crippen molar-refractivity contribution < 1.29 is 18.6 Å². The zero-order chi connectivity index (χ0) is 12.2. The second-order valence-corrected chi connectivity index (χ2v) is 4.83. The van der Waals surface area contributed by atoms with Gasteiger partial charge >= 0.3 is 0 Å². The Balaban J connectivity index is 2.28. The number of benzene rings is 1. The van der Waals surface area contributed by atoms with E-state index >= 15 is 0 Å². The van der Waals surface area contributed by atoms with Gasteiger partial charge in [0.25, 0.3) is 0 Å². The maximum atomic E-state index is 13.8. The van der Waals surface area contributed by atoms with Gasteiger partial charge in [-0.25, -0.2) is 4.39 Å². The quantitative estimate of drug-likeness (QED) is 0.839. The standard InChI is InChI=1S/C12H10BrFO3/c1-15-7-4-6(14)12(16-2)10-9(7)8-3-5(13)11(10)17-8/h3-4,8,11H,1-2H3. The Hall–Kier alpha value is -1.07. The van der Waals surface area contributed by atoms with E-state index < -0.39 is 5.82 Å². The minimum atomic E-state index is -0.431. The van der Waals surface area contributed by atoms with Gasteiger partial charge in [-0.2, -0.15) is 0 Å². The molecule has 0 spiro atoms. The number of rotatable bonds is 2. The Morgan fingerprint density at radius 3 is 2.71 bits per heavy atom. The third kappa shape index (κ3) is 1.35. The summed E-state index contributed by atoms with van der Waals surface area (Å²) in [6.07, 6.45) is 1.48. The molecule has 3 rings (SSSR count). The van der Waals surface area contributed by atoms with E-state index in [2.05, 4.69) is 15.9 Å². The minimum Gasteiger partial charge on any atom is -0.496 e. The van der Waals surface area contributed by atoms with Crippen LogP contribution < -0.4 is 9.47 Å². The Morgan fingerprint density at radius 1 is 1.29 bits per heavy atom. The molecule has 90 valence electrons. The number of fused-ring (bicyclic) bond motifs is 5. The van der Waals surface area contributed by atoms with E-state index in [1.54, 1.807) is 0 Å². The molecule has 2 unspecified atom stereocenters. The van der Waals surface area contributed by atoms with Crippen LogP contribution >= 0.6 is 15.9 Å². The molecule has 3 nitrogen and oxygen atoms in total. The molecule has 0 radical (unpaired) electrons. The highest BCUT2D eigenvalue weighted by Crippen LogP contribution is 2.57. The average Bonchev–Trinajstić information content (AvgIpc) is 2.85. The molecule has 17 heavy (non-hydrogen) atoms. The van der Waals surface area contributed by atoms with E-state index in [9.17, 15) is 4.39 Å². The normalized spacial score (nSPS) is 24.6. The van der Waals surface area contributed by atoms with Crippen LogP contribution in [0.2, 0.25) is 0 Å². The summed E-state index contributed by atoms with van der Waals surface area (Å²) in [5, 5.41) is 0. The largest absolute Gasteiger partial charge is 0.496 e. The van der Waals surface area contributed by atoms with Gasteiger partial charge in [-0.15, -0.1) is 0 Å². The summed E-state index contributed by atoms with van der Waals surface area (Å²) in [6.45, 7) is 0. The monoisotopic (exact) mass is 300 g/mol. The van der Waals surface area contributed by atoms with Crippen LogP contribution in [0.1, 0.15) is 23.3 Å². The van der Waals surface area contributed by atoms with Gasteiger partial charge < -0.3 is 14.2 Å². The van der Waals surface area contributed by atoms with Crippen LogP contribution in [0.15, 0.2) is 16.6 Å². The zero-order valence-corrected chi connectivity index (χ0v) is 10.9. The van der Waals surface area contributed by atoms with E-state index in [0.717, 1.165) is 15.6 Å². The Kier molecular flexibility index (Phi) is 2.41. The lowest BCUT2D eigenvalue weighted by atomic mass is 9.94. The molecule has 0 N–H and O–H groups in total. The van der Waals surface area contributed by atoms with Crippen molar-refractivity contribution >= 4 is 15.9 Å². The molecule has 1 aromatic rings. The molecule has 2 bridgehead atoms. The topological polar surface area (TPSA) is 27.7 Å². The maximum absolute atomic E-state index is 13.8. The second-order valence-electron chi connectivity index (χ2n) is 3.91. The van der Waals surface area contributed by atoms with Gasteiger partial charge in [-0.3, -0.25) is 0 Å². The Morgan fingerprint density at radius 2 is 2.06 bits per heavy atom. The summed E-state index contributed by atoms with van der Waals surface area (Å²) in [6, 6.07) is 1.34. The highest BCUT2D eigenvalue weighted by Gasteiger charge is 2.43. The predicted molar refractivity (Wildman–Crippen MR) is 63.1 cm³/mol. The van der Waals surface area contributed by atoms with Crippen molar-refractivity contribution in [2.45, 2.75) is 12.2 Å². The third-order valence-electron chi connectivity index (χ3n) is 3.09. The van der Waals surface area contributed by atoms with Gasteiger partial charge in [-0.05, 0) is 6.08 Å². The zero-order valence-electron chi connectivity index (χ0n) is 9.29. The third-order valence-corrected chi connectivity index (χ3v) is 3.77. The number of ether oxygens (including phenoxy) is 3. The average molecular weight is 301 g/mol. The summed E-state index contributed by atoms with van der Waals surface area (Å²) in [5.74, 6) is 0.306. The molecular formula is C12H10BrFO3. The van der Waals surface area contributed by atoms with Crippen molar-refractivity contribution in [2.75, 3.05) is 14.2 Å². The highest BCUT2D eigenvalue weighted by atomic mass is 79.9. The van der Waals surface area contributed by atoms with Crippen molar-refractivity contribution in [1.29, 1.82) is 0 Å². The molecule has 0 amide bonds. The van der Waals surface area contributed by atoms with Crippen molar-refractivity contribution in [3.05, 3.63) is 33.6 Å². The summed E-state index contributed by atoms with van der Waals surface area (Å²) >= 11 is 3.42. The van der Waals surface area contributed by atoms with Gasteiger partial charge in [0.05, 0.1) is 14.2 Å². The lowest BCUT2D eigenvalue weighted by molar-refractivity contribution is 0.0850. The first-order chi connectivity index (χ1) is 8.17. The lowest BCUT2D eigenvalue weighted by Gasteiger charge is -2.17. The molecule has 2 aliphatic rings. The lowest BCUT2D eigenvalue weighted by Crippen LogP contribution is -2.04. The SMILES string of the molecule is COc1cc(F)c(OC)c2c1C1C=C(Br)C2O1. The second kappa shape index (κ2) is 3.71. The molecule has 0 aliphatic carbocycles. The molecule has 2 aliphatic heterocycles. The summed E-state index contributed by atoms with van der Waals surface area (Å²) < 4.78 is 30.8. The molecule has 1 aromatic carbocycles. The van der Waals surface area contributed by atoms with Gasteiger partial charge in [0.2, 0.25) is 0 Å². The van der Waals surface area contributed by atoms with Crippen LogP contribution in [0, 0.1) is 5.82 Å². The van der Waals surface area contributed by atoms with Crippen LogP contribution in [0.4, 0.5) is 4.39 Å². The van der Waals surface area contributed by atoms with Crippen LogP contribution in [-0.2, 0) is 4.74 Å². The van der Waals surface area contributed by atoms with Gasteiger partial charge in [0.1, 0.15) is 18.0 Å². The molecular weight excluding hydrogens is 291 g/mol. The van der Waals surface area contributed by atoms with Crippen molar-refractivity contribution in [3.8, 4) is 11.5 Å². The first-order valence-electron chi connectivity index (χ1n) is 5.14. The van der Waals surface area contributed by atoms with Crippen LogP contribution in [-0.4, -0.2) is 14.2 Å². The predicted octanol–water partition coefficient (Wildman–Crippen LogP) is 3.25. The Labute approximate surface area is 106 Å². The van der Waals surface area contributed by atoms with Crippen molar-refractivity contribution in [3.63, 3.8) is 0 Å². The van der Waals surface area contributed by atoms with E-state index in [1.807, 2.05) is 6.08 Å². The summed E-state index contributed by atoms with van der Waals surface area (Å²) in [4.78, 5) is 0. The molecule has 0 fully saturated rings. The molecule has 0 saturated heterocycles. The van der Waals surface area contributed by atoms with Crippen molar-refractivity contribution in [2.24, 2.45) is 0 Å². The molecule has 0 aromatic heterocycles. The summed E-state index contributed by atoms with van der Waals surface area (Å²) in [5.41, 5.74) is 1.59. The Bertz CT molecular complexity index is 527. The van der Waals surface area contributed by atoms with Crippen LogP contribution in [0.3, 0.4) is 0 Å². The van der Waals surface area contributed by atoms with Crippen LogP contribution in [0.5, 0.6) is 11.5 Å². The summed E-state index contributed by atoms with van der Waals surface area (Å²) in [7, 11) is 2.97. The molecule has 2 heterocycles. The first kappa shape index (κ1) is 11.0. The maximum Gasteiger partial charge on any atom is 0.169 e. The number of halogens is 2. The van der Waals surface area contributed by atoms with Crippen molar-refractivity contribution in [1.82, 2.24) is 0 Å². The molecule has 0 saturated carbocycles. The smallest absolute Gasteiger partial charge is 0.169 e. The molecule has 2 atom stereocenters. The first-order valence-corrected chi connectivity index (χ1v) is 5.93. The van der Waals surface area contributed by atoms with Crippen LogP contribution in [0.25, 0.3) is 0 Å². The van der Waals surface area contributed by atoms with Gasteiger partial charge in [-0.1, -0.05) is 15.9 Å². The van der Waals surface area contributed by atoms with E-state index in [-0.39, 0.29) is 18.0 Å². The fourth-order valence-corrected chi connectivity index (χ4v) is 2.99. The number of hydrogen-bond donors (Lipinski definition) is 0.